The minimum Gasteiger partial charge on any atom is -0.330 e. The van der Waals surface area contributed by atoms with Crippen molar-refractivity contribution in [2.24, 2.45) is 17.6 Å². The molecule has 1 rings (SSSR count). The average molecular weight is 283 g/mol. The fourth-order valence-corrected chi connectivity index (χ4v) is 1.84. The summed E-state index contributed by atoms with van der Waals surface area (Å²) in [5.74, 6) is -1.33. The molecule has 0 aliphatic carbocycles. The first-order valence-electron chi connectivity index (χ1n) is 6.30. The summed E-state index contributed by atoms with van der Waals surface area (Å²) in [7, 11) is 0. The molecule has 1 unspecified atom stereocenters. The number of amides is 1. The Bertz CT molecular complexity index is 506. The largest absolute Gasteiger partial charge is 0.330 e. The van der Waals surface area contributed by atoms with E-state index in [2.05, 4.69) is 5.32 Å². The van der Waals surface area contributed by atoms with Crippen molar-refractivity contribution in [2.45, 2.75) is 20.3 Å². The first-order chi connectivity index (χ1) is 9.35. The molecule has 0 saturated carbocycles. The highest BCUT2D eigenvalue weighted by molar-refractivity contribution is 5.93. The summed E-state index contributed by atoms with van der Waals surface area (Å²) in [6.07, 6.45) is 0.568. The van der Waals surface area contributed by atoms with Gasteiger partial charge in [0.05, 0.1) is 16.5 Å². The summed E-state index contributed by atoms with van der Waals surface area (Å²) in [5.41, 5.74) is 5.04. The number of non-ortho nitro benzene ring substituents is 1. The highest BCUT2D eigenvalue weighted by Gasteiger charge is 2.20. The van der Waals surface area contributed by atoms with E-state index in [4.69, 9.17) is 5.73 Å². The van der Waals surface area contributed by atoms with Crippen LogP contribution < -0.4 is 11.1 Å². The van der Waals surface area contributed by atoms with Gasteiger partial charge in [-0.25, -0.2) is 4.39 Å². The Morgan fingerprint density at radius 3 is 2.65 bits per heavy atom. The van der Waals surface area contributed by atoms with Crippen LogP contribution in [0.2, 0.25) is 0 Å². The third kappa shape index (κ3) is 4.27. The first kappa shape index (κ1) is 16.0. The second kappa shape index (κ2) is 6.95. The Morgan fingerprint density at radius 2 is 2.15 bits per heavy atom. The van der Waals surface area contributed by atoms with Crippen LogP contribution in [0, 0.1) is 27.8 Å². The van der Waals surface area contributed by atoms with Gasteiger partial charge in [0.1, 0.15) is 5.82 Å². The second-order valence-electron chi connectivity index (χ2n) is 4.97. The normalized spacial score (nSPS) is 12.2. The van der Waals surface area contributed by atoms with Crippen molar-refractivity contribution in [3.05, 3.63) is 34.1 Å². The van der Waals surface area contributed by atoms with E-state index in [1.54, 1.807) is 0 Å². The fraction of sp³-hybridized carbons (Fsp3) is 0.462. The van der Waals surface area contributed by atoms with Crippen molar-refractivity contribution in [1.82, 2.24) is 0 Å². The molecule has 0 spiro atoms. The third-order valence-electron chi connectivity index (χ3n) is 2.83. The van der Waals surface area contributed by atoms with Crippen LogP contribution in [0.25, 0.3) is 0 Å². The van der Waals surface area contributed by atoms with E-state index in [1.165, 1.54) is 0 Å². The quantitative estimate of drug-likeness (QED) is 0.618. The van der Waals surface area contributed by atoms with Crippen molar-refractivity contribution in [3.63, 3.8) is 0 Å². The maximum absolute atomic E-state index is 13.6. The van der Waals surface area contributed by atoms with Gasteiger partial charge in [0.25, 0.3) is 5.69 Å². The van der Waals surface area contributed by atoms with Gasteiger partial charge in [0, 0.05) is 18.7 Å². The van der Waals surface area contributed by atoms with Crippen LogP contribution in [0.1, 0.15) is 20.3 Å². The molecule has 1 atom stereocenters. The zero-order valence-corrected chi connectivity index (χ0v) is 11.4. The summed E-state index contributed by atoms with van der Waals surface area (Å²) in [6.45, 7) is 4.04. The van der Waals surface area contributed by atoms with Gasteiger partial charge in [-0.15, -0.1) is 0 Å². The summed E-state index contributed by atoms with van der Waals surface area (Å²) in [6, 6.07) is 2.99. The fourth-order valence-electron chi connectivity index (χ4n) is 1.84. The number of anilines is 1. The number of nitrogens with zero attached hydrogens (tertiary/aromatic N) is 1. The molecule has 1 aromatic carbocycles. The van der Waals surface area contributed by atoms with Gasteiger partial charge in [-0.2, -0.15) is 0 Å². The number of carbonyl (C=O) groups is 1. The molecule has 110 valence electrons. The van der Waals surface area contributed by atoms with Crippen LogP contribution in [0.3, 0.4) is 0 Å². The molecule has 7 heteroatoms. The minimum atomic E-state index is -0.718. The van der Waals surface area contributed by atoms with E-state index in [-0.39, 0.29) is 23.8 Å². The van der Waals surface area contributed by atoms with Crippen LogP contribution in [-0.4, -0.2) is 17.4 Å². The van der Waals surface area contributed by atoms with Crippen LogP contribution >= 0.6 is 0 Å². The topological polar surface area (TPSA) is 98.3 Å². The summed E-state index contributed by atoms with van der Waals surface area (Å²) >= 11 is 0. The number of halogens is 1. The van der Waals surface area contributed by atoms with Gasteiger partial charge >= 0.3 is 0 Å². The van der Waals surface area contributed by atoms with Crippen molar-refractivity contribution in [2.75, 3.05) is 11.9 Å². The molecular weight excluding hydrogens is 265 g/mol. The molecule has 0 aliphatic heterocycles. The zero-order chi connectivity index (χ0) is 15.3. The van der Waals surface area contributed by atoms with E-state index >= 15 is 0 Å². The van der Waals surface area contributed by atoms with Crippen LogP contribution in [0.5, 0.6) is 0 Å². The maximum atomic E-state index is 13.6. The summed E-state index contributed by atoms with van der Waals surface area (Å²) in [4.78, 5) is 22.0. The van der Waals surface area contributed by atoms with Crippen molar-refractivity contribution in [1.29, 1.82) is 0 Å². The number of nitro benzene ring substituents is 1. The smallest absolute Gasteiger partial charge is 0.271 e. The molecule has 1 aromatic rings. The van der Waals surface area contributed by atoms with E-state index in [9.17, 15) is 19.3 Å². The molecule has 6 nitrogen and oxygen atoms in total. The predicted molar refractivity (Wildman–Crippen MR) is 73.7 cm³/mol. The highest BCUT2D eigenvalue weighted by Crippen LogP contribution is 2.22. The average Bonchev–Trinajstić information content (AvgIpc) is 2.37. The molecule has 0 bridgehead atoms. The number of nitro groups is 1. The second-order valence-corrected chi connectivity index (χ2v) is 4.97. The zero-order valence-electron chi connectivity index (χ0n) is 11.4. The Morgan fingerprint density at radius 1 is 1.50 bits per heavy atom. The Hall–Kier alpha value is -2.02. The lowest BCUT2D eigenvalue weighted by Gasteiger charge is -2.17. The van der Waals surface area contributed by atoms with Crippen LogP contribution in [0.15, 0.2) is 18.2 Å². The van der Waals surface area contributed by atoms with Gasteiger partial charge in [0.2, 0.25) is 5.91 Å². The molecule has 0 radical (unpaired) electrons. The molecule has 0 aromatic heterocycles. The van der Waals surface area contributed by atoms with Crippen LogP contribution in [-0.2, 0) is 4.79 Å². The Kier molecular flexibility index (Phi) is 5.57. The minimum absolute atomic E-state index is 0.139. The SMILES string of the molecule is CC(C)CC(CN)C(=O)Nc1cc([N+](=O)[O-])ccc1F. The third-order valence-corrected chi connectivity index (χ3v) is 2.83. The maximum Gasteiger partial charge on any atom is 0.271 e. The monoisotopic (exact) mass is 283 g/mol. The van der Waals surface area contributed by atoms with E-state index in [1.807, 2.05) is 13.8 Å². The van der Waals surface area contributed by atoms with Gasteiger partial charge in [0.15, 0.2) is 0 Å². The van der Waals surface area contributed by atoms with Gasteiger partial charge in [-0.3, -0.25) is 14.9 Å². The Balaban J connectivity index is 2.88. The molecule has 0 saturated heterocycles. The number of hydrogen-bond acceptors (Lipinski definition) is 4. The summed E-state index contributed by atoms with van der Waals surface area (Å²) < 4.78 is 13.6. The molecule has 0 heterocycles. The van der Waals surface area contributed by atoms with Gasteiger partial charge < -0.3 is 11.1 Å². The van der Waals surface area contributed by atoms with Crippen molar-refractivity contribution < 1.29 is 14.1 Å². The van der Waals surface area contributed by atoms with Gasteiger partial charge in [-0.1, -0.05) is 13.8 Å². The molecule has 1 amide bonds. The number of nitrogens with one attached hydrogen (secondary N) is 1. The predicted octanol–water partition coefficient (Wildman–Crippen LogP) is 2.29. The van der Waals surface area contributed by atoms with Crippen molar-refractivity contribution >= 4 is 17.3 Å². The van der Waals surface area contributed by atoms with E-state index in [0.29, 0.717) is 6.42 Å². The molecule has 20 heavy (non-hydrogen) atoms. The van der Waals surface area contributed by atoms with Gasteiger partial charge in [-0.05, 0) is 18.4 Å². The highest BCUT2D eigenvalue weighted by atomic mass is 19.1. The van der Waals surface area contributed by atoms with E-state index < -0.39 is 22.6 Å². The van der Waals surface area contributed by atoms with Crippen LogP contribution in [0.4, 0.5) is 15.8 Å². The van der Waals surface area contributed by atoms with E-state index in [0.717, 1.165) is 18.2 Å². The number of carbonyl (C=O) groups excluding carboxylic acids is 1. The first-order valence-corrected chi connectivity index (χ1v) is 6.30. The number of rotatable bonds is 6. The lowest BCUT2D eigenvalue weighted by atomic mass is 9.96. The number of benzene rings is 1. The molecule has 3 N–H and O–H groups in total. The number of nitrogens with two attached hydrogens (primary N) is 1. The molecular formula is C13H18FN3O3. The standard InChI is InChI=1S/C13H18FN3O3/c1-8(2)5-9(7-15)13(18)16-12-6-10(17(19)20)3-4-11(12)14/h3-4,6,8-9H,5,7,15H2,1-2H3,(H,16,18). The number of hydrogen-bond donors (Lipinski definition) is 2. The Labute approximate surface area is 116 Å². The van der Waals surface area contributed by atoms with Crippen molar-refractivity contribution in [3.8, 4) is 0 Å². The summed E-state index contributed by atoms with van der Waals surface area (Å²) in [5, 5.41) is 13.0. The molecule has 0 fully saturated rings. The lowest BCUT2D eigenvalue weighted by Crippen LogP contribution is -2.30. The molecule has 0 aliphatic rings. The lowest BCUT2D eigenvalue weighted by molar-refractivity contribution is -0.384.